The van der Waals surface area contributed by atoms with Gasteiger partial charge >= 0.3 is 0 Å². The van der Waals surface area contributed by atoms with Crippen LogP contribution in [0, 0.1) is 5.92 Å². The second kappa shape index (κ2) is 7.65. The second-order valence-electron chi connectivity index (χ2n) is 5.59. The van der Waals surface area contributed by atoms with Gasteiger partial charge in [-0.05, 0) is 31.7 Å². The lowest BCUT2D eigenvalue weighted by Crippen LogP contribution is -2.37. The molecule has 0 aliphatic heterocycles. The van der Waals surface area contributed by atoms with Crippen molar-refractivity contribution >= 4 is 0 Å². The van der Waals surface area contributed by atoms with Crippen LogP contribution in [0.25, 0.3) is 0 Å². The quantitative estimate of drug-likeness (QED) is 0.862. The molecule has 20 heavy (non-hydrogen) atoms. The lowest BCUT2D eigenvalue weighted by Gasteiger charge is -2.34. The van der Waals surface area contributed by atoms with E-state index in [1.165, 1.54) is 32.1 Å². The third kappa shape index (κ3) is 3.53. The first-order chi connectivity index (χ1) is 9.77. The van der Waals surface area contributed by atoms with Gasteiger partial charge in [-0.2, -0.15) is 0 Å². The molecule has 0 aromatic heterocycles. The Hall–Kier alpha value is -1.06. The highest BCUT2D eigenvalue weighted by Crippen LogP contribution is 2.35. The first-order valence-corrected chi connectivity index (χ1v) is 7.78. The SMILES string of the molecule is CCOC(C1CCCCC1)C(N)c1ccccc1OC. The summed E-state index contributed by atoms with van der Waals surface area (Å²) < 4.78 is 11.5. The molecule has 0 amide bonds. The van der Waals surface area contributed by atoms with Crippen molar-refractivity contribution in [2.24, 2.45) is 11.7 Å². The Bertz CT molecular complexity index is 402. The number of methoxy groups -OCH3 is 1. The summed E-state index contributed by atoms with van der Waals surface area (Å²) in [7, 11) is 1.70. The lowest BCUT2D eigenvalue weighted by atomic mass is 9.81. The van der Waals surface area contributed by atoms with Crippen LogP contribution in [0.3, 0.4) is 0 Å². The molecule has 2 N–H and O–H groups in total. The molecule has 0 heterocycles. The maximum atomic E-state index is 6.53. The van der Waals surface area contributed by atoms with Crippen molar-refractivity contribution in [2.75, 3.05) is 13.7 Å². The number of hydrogen-bond acceptors (Lipinski definition) is 3. The van der Waals surface area contributed by atoms with Crippen molar-refractivity contribution in [1.82, 2.24) is 0 Å². The topological polar surface area (TPSA) is 44.5 Å². The third-order valence-corrected chi connectivity index (χ3v) is 4.33. The summed E-state index contributed by atoms with van der Waals surface area (Å²) >= 11 is 0. The largest absolute Gasteiger partial charge is 0.496 e. The maximum absolute atomic E-state index is 6.53. The fourth-order valence-corrected chi connectivity index (χ4v) is 3.31. The summed E-state index contributed by atoms with van der Waals surface area (Å²) in [5.74, 6) is 1.43. The Balaban J connectivity index is 2.18. The van der Waals surface area contributed by atoms with E-state index in [9.17, 15) is 0 Å². The number of ether oxygens (including phenoxy) is 2. The summed E-state index contributed by atoms with van der Waals surface area (Å²) in [6.45, 7) is 2.76. The molecule has 112 valence electrons. The first kappa shape index (κ1) is 15.3. The highest BCUT2D eigenvalue weighted by atomic mass is 16.5. The van der Waals surface area contributed by atoms with E-state index in [1.807, 2.05) is 25.1 Å². The smallest absolute Gasteiger partial charge is 0.123 e. The van der Waals surface area contributed by atoms with Crippen molar-refractivity contribution < 1.29 is 9.47 Å². The molecule has 0 spiro atoms. The monoisotopic (exact) mass is 277 g/mol. The van der Waals surface area contributed by atoms with Gasteiger partial charge < -0.3 is 15.2 Å². The predicted molar refractivity (Wildman–Crippen MR) is 81.9 cm³/mol. The number of rotatable bonds is 6. The minimum absolute atomic E-state index is 0.0941. The Labute approximate surface area is 122 Å². The van der Waals surface area contributed by atoms with Crippen LogP contribution in [-0.4, -0.2) is 19.8 Å². The van der Waals surface area contributed by atoms with E-state index in [4.69, 9.17) is 15.2 Å². The molecule has 1 aromatic carbocycles. The molecule has 3 heteroatoms. The van der Waals surface area contributed by atoms with Gasteiger partial charge in [0.2, 0.25) is 0 Å². The average molecular weight is 277 g/mol. The fraction of sp³-hybridized carbons (Fsp3) is 0.647. The zero-order chi connectivity index (χ0) is 14.4. The standard InChI is InChI=1S/C17H27NO2/c1-3-20-17(13-9-5-4-6-10-13)16(18)14-11-7-8-12-15(14)19-2/h7-8,11-13,16-17H,3-6,9-10,18H2,1-2H3. The van der Waals surface area contributed by atoms with Crippen LogP contribution in [0.4, 0.5) is 0 Å². The molecule has 0 bridgehead atoms. The molecule has 1 saturated carbocycles. The molecule has 0 saturated heterocycles. The van der Waals surface area contributed by atoms with Crippen LogP contribution in [-0.2, 0) is 4.74 Å². The van der Waals surface area contributed by atoms with Crippen LogP contribution >= 0.6 is 0 Å². The Kier molecular flexibility index (Phi) is 5.86. The molecular weight excluding hydrogens is 250 g/mol. The lowest BCUT2D eigenvalue weighted by molar-refractivity contribution is -0.0102. The van der Waals surface area contributed by atoms with E-state index in [0.29, 0.717) is 12.5 Å². The molecule has 1 aliphatic rings. The molecule has 2 atom stereocenters. The van der Waals surface area contributed by atoms with Gasteiger partial charge in [0.25, 0.3) is 0 Å². The van der Waals surface area contributed by atoms with E-state index in [-0.39, 0.29) is 12.1 Å². The number of benzene rings is 1. The highest BCUT2D eigenvalue weighted by Gasteiger charge is 2.31. The summed E-state index contributed by atoms with van der Waals surface area (Å²) in [6.07, 6.45) is 6.50. The van der Waals surface area contributed by atoms with Gasteiger partial charge in [-0.25, -0.2) is 0 Å². The van der Waals surface area contributed by atoms with Crippen LogP contribution in [0.5, 0.6) is 5.75 Å². The van der Waals surface area contributed by atoms with Crippen LogP contribution in [0.2, 0.25) is 0 Å². The van der Waals surface area contributed by atoms with E-state index in [0.717, 1.165) is 11.3 Å². The van der Waals surface area contributed by atoms with E-state index < -0.39 is 0 Å². The first-order valence-electron chi connectivity index (χ1n) is 7.78. The molecular formula is C17H27NO2. The molecule has 2 unspecified atom stereocenters. The zero-order valence-electron chi connectivity index (χ0n) is 12.7. The molecule has 3 nitrogen and oxygen atoms in total. The minimum Gasteiger partial charge on any atom is -0.496 e. The number of para-hydroxylation sites is 1. The fourth-order valence-electron chi connectivity index (χ4n) is 3.31. The second-order valence-corrected chi connectivity index (χ2v) is 5.59. The molecule has 1 aliphatic carbocycles. The van der Waals surface area contributed by atoms with Gasteiger partial charge in [-0.1, -0.05) is 37.5 Å². The molecule has 1 fully saturated rings. The van der Waals surface area contributed by atoms with Gasteiger partial charge in [-0.15, -0.1) is 0 Å². The van der Waals surface area contributed by atoms with Crippen molar-refractivity contribution in [3.8, 4) is 5.75 Å². The van der Waals surface area contributed by atoms with E-state index in [1.54, 1.807) is 7.11 Å². The van der Waals surface area contributed by atoms with Crippen LogP contribution in [0.1, 0.15) is 50.6 Å². The zero-order valence-corrected chi connectivity index (χ0v) is 12.7. The average Bonchev–Trinajstić information content (AvgIpc) is 2.52. The normalized spacial score (nSPS) is 19.6. The summed E-state index contributed by atoms with van der Waals surface area (Å²) in [5, 5.41) is 0. The van der Waals surface area contributed by atoms with Crippen molar-refractivity contribution in [2.45, 2.75) is 51.2 Å². The van der Waals surface area contributed by atoms with Gasteiger partial charge in [0, 0.05) is 12.2 Å². The maximum Gasteiger partial charge on any atom is 0.123 e. The van der Waals surface area contributed by atoms with Gasteiger partial charge in [-0.3, -0.25) is 0 Å². The van der Waals surface area contributed by atoms with Crippen LogP contribution in [0.15, 0.2) is 24.3 Å². The van der Waals surface area contributed by atoms with Gasteiger partial charge in [0.05, 0.1) is 19.3 Å². The molecule has 2 rings (SSSR count). The highest BCUT2D eigenvalue weighted by molar-refractivity contribution is 5.36. The third-order valence-electron chi connectivity index (χ3n) is 4.33. The Morgan fingerprint density at radius 3 is 2.55 bits per heavy atom. The van der Waals surface area contributed by atoms with E-state index >= 15 is 0 Å². The Morgan fingerprint density at radius 2 is 1.90 bits per heavy atom. The number of nitrogens with two attached hydrogens (primary N) is 1. The molecule has 0 radical (unpaired) electrons. The molecule has 1 aromatic rings. The van der Waals surface area contributed by atoms with Crippen molar-refractivity contribution in [3.63, 3.8) is 0 Å². The van der Waals surface area contributed by atoms with Gasteiger partial charge in [0.15, 0.2) is 0 Å². The van der Waals surface area contributed by atoms with E-state index in [2.05, 4.69) is 6.07 Å². The predicted octanol–water partition coefficient (Wildman–Crippen LogP) is 3.68. The summed E-state index contributed by atoms with van der Waals surface area (Å²) in [5.41, 5.74) is 7.58. The van der Waals surface area contributed by atoms with Crippen molar-refractivity contribution in [3.05, 3.63) is 29.8 Å². The van der Waals surface area contributed by atoms with Crippen molar-refractivity contribution in [1.29, 1.82) is 0 Å². The van der Waals surface area contributed by atoms with Gasteiger partial charge in [0.1, 0.15) is 5.75 Å². The minimum atomic E-state index is -0.116. The summed E-state index contributed by atoms with van der Waals surface area (Å²) in [4.78, 5) is 0. The summed E-state index contributed by atoms with van der Waals surface area (Å²) in [6, 6.07) is 7.90. The van der Waals surface area contributed by atoms with Crippen LogP contribution < -0.4 is 10.5 Å². The number of hydrogen-bond donors (Lipinski definition) is 1. The Morgan fingerprint density at radius 1 is 1.20 bits per heavy atom.